The number of halogens is 1. The van der Waals surface area contributed by atoms with Crippen molar-refractivity contribution in [1.29, 1.82) is 0 Å². The molecule has 0 heterocycles. The summed E-state index contributed by atoms with van der Waals surface area (Å²) in [5, 5.41) is 6.46. The molecule has 5 heteroatoms. The van der Waals surface area contributed by atoms with Gasteiger partial charge in [0.2, 0.25) is 0 Å². The Hall–Kier alpha value is -1.62. The minimum Gasteiger partial charge on any atom is -0.357 e. The van der Waals surface area contributed by atoms with Crippen LogP contribution in [-0.2, 0) is 13.1 Å². The van der Waals surface area contributed by atoms with Crippen molar-refractivity contribution in [2.45, 2.75) is 39.9 Å². The molecule has 0 aliphatic carbocycles. The van der Waals surface area contributed by atoms with Crippen molar-refractivity contribution in [3.05, 3.63) is 35.1 Å². The lowest BCUT2D eigenvalue weighted by Gasteiger charge is -2.14. The van der Waals surface area contributed by atoms with Gasteiger partial charge >= 0.3 is 0 Å². The Labute approximate surface area is 127 Å². The van der Waals surface area contributed by atoms with E-state index in [4.69, 9.17) is 0 Å². The van der Waals surface area contributed by atoms with Crippen LogP contribution in [0.2, 0.25) is 0 Å². The van der Waals surface area contributed by atoms with Crippen LogP contribution in [0.1, 0.15) is 31.9 Å². The molecule has 0 aliphatic heterocycles. The van der Waals surface area contributed by atoms with Crippen molar-refractivity contribution >= 4 is 5.96 Å². The molecule has 0 saturated heterocycles. The van der Waals surface area contributed by atoms with Crippen molar-refractivity contribution in [3.8, 4) is 0 Å². The molecule has 0 aliphatic rings. The lowest BCUT2D eigenvalue weighted by molar-refractivity contribution is 0.392. The Balaban J connectivity index is 2.81. The minimum absolute atomic E-state index is 0.163. The maximum absolute atomic E-state index is 13.7. The maximum atomic E-state index is 13.7. The first kappa shape index (κ1) is 17.4. The van der Waals surface area contributed by atoms with Gasteiger partial charge in [-0.2, -0.15) is 0 Å². The smallest absolute Gasteiger partial charge is 0.191 e. The molecule has 4 nitrogen and oxygen atoms in total. The maximum Gasteiger partial charge on any atom is 0.191 e. The van der Waals surface area contributed by atoms with Crippen LogP contribution in [0.5, 0.6) is 0 Å². The summed E-state index contributed by atoms with van der Waals surface area (Å²) in [4.78, 5) is 6.49. The minimum atomic E-state index is -0.163. The van der Waals surface area contributed by atoms with Gasteiger partial charge in [-0.05, 0) is 52.6 Å². The van der Waals surface area contributed by atoms with Gasteiger partial charge in [0.1, 0.15) is 5.82 Å². The van der Waals surface area contributed by atoms with Crippen LogP contribution < -0.4 is 10.6 Å². The molecule has 1 aromatic rings. The van der Waals surface area contributed by atoms with Gasteiger partial charge in [0, 0.05) is 24.7 Å². The van der Waals surface area contributed by atoms with Crippen LogP contribution in [0.3, 0.4) is 0 Å². The van der Waals surface area contributed by atoms with Gasteiger partial charge in [-0.15, -0.1) is 0 Å². The number of hydrogen-bond donors (Lipinski definition) is 2. The molecular weight excluding hydrogens is 267 g/mol. The van der Waals surface area contributed by atoms with Crippen LogP contribution in [0.15, 0.2) is 23.2 Å². The van der Waals surface area contributed by atoms with Gasteiger partial charge in [-0.25, -0.2) is 9.38 Å². The van der Waals surface area contributed by atoms with E-state index >= 15 is 0 Å². The average molecular weight is 294 g/mol. The van der Waals surface area contributed by atoms with E-state index in [1.807, 2.05) is 32.0 Å². The average Bonchev–Trinajstić information content (AvgIpc) is 2.38. The van der Waals surface area contributed by atoms with Crippen molar-refractivity contribution in [3.63, 3.8) is 0 Å². The second-order valence-electron chi connectivity index (χ2n) is 5.66. The molecule has 118 valence electrons. The second-order valence-corrected chi connectivity index (χ2v) is 5.66. The topological polar surface area (TPSA) is 39.7 Å². The van der Waals surface area contributed by atoms with Crippen molar-refractivity contribution in [1.82, 2.24) is 15.5 Å². The SMILES string of the molecule is CCNC(=NCc1ccc(F)c(CN(C)C)c1)NC(C)C. The molecule has 21 heavy (non-hydrogen) atoms. The molecule has 0 aromatic heterocycles. The third kappa shape index (κ3) is 6.58. The number of rotatable bonds is 6. The molecule has 0 atom stereocenters. The fourth-order valence-electron chi connectivity index (χ4n) is 1.95. The number of nitrogens with zero attached hydrogens (tertiary/aromatic N) is 2. The number of hydrogen-bond acceptors (Lipinski definition) is 2. The van der Waals surface area contributed by atoms with Crippen LogP contribution in [0, 0.1) is 5.82 Å². The highest BCUT2D eigenvalue weighted by atomic mass is 19.1. The Kier molecular flexibility index (Phi) is 7.15. The highest BCUT2D eigenvalue weighted by Gasteiger charge is 2.05. The highest BCUT2D eigenvalue weighted by molar-refractivity contribution is 5.79. The van der Waals surface area contributed by atoms with E-state index in [1.165, 1.54) is 6.07 Å². The Morgan fingerprint density at radius 3 is 2.62 bits per heavy atom. The van der Waals surface area contributed by atoms with Gasteiger partial charge in [0.05, 0.1) is 6.54 Å². The lowest BCUT2D eigenvalue weighted by Crippen LogP contribution is -2.41. The highest BCUT2D eigenvalue weighted by Crippen LogP contribution is 2.13. The largest absolute Gasteiger partial charge is 0.357 e. The van der Waals surface area contributed by atoms with Crippen LogP contribution >= 0.6 is 0 Å². The summed E-state index contributed by atoms with van der Waals surface area (Å²) in [5.74, 6) is 0.620. The first-order chi connectivity index (χ1) is 9.92. The molecular formula is C16H27FN4. The molecule has 1 rings (SSSR count). The predicted octanol–water partition coefficient (Wildman–Crippen LogP) is 2.35. The van der Waals surface area contributed by atoms with Crippen LogP contribution in [0.4, 0.5) is 4.39 Å². The van der Waals surface area contributed by atoms with Gasteiger partial charge in [0.25, 0.3) is 0 Å². The van der Waals surface area contributed by atoms with E-state index in [1.54, 1.807) is 6.07 Å². The molecule has 0 amide bonds. The van der Waals surface area contributed by atoms with E-state index in [9.17, 15) is 4.39 Å². The summed E-state index contributed by atoms with van der Waals surface area (Å²) >= 11 is 0. The van der Waals surface area contributed by atoms with E-state index in [0.717, 1.165) is 18.1 Å². The fraction of sp³-hybridized carbons (Fsp3) is 0.562. The summed E-state index contributed by atoms with van der Waals surface area (Å²) in [6, 6.07) is 5.52. The summed E-state index contributed by atoms with van der Waals surface area (Å²) < 4.78 is 13.7. The van der Waals surface area contributed by atoms with Crippen molar-refractivity contribution in [2.75, 3.05) is 20.6 Å². The molecule has 1 aromatic carbocycles. The van der Waals surface area contributed by atoms with E-state index in [-0.39, 0.29) is 5.82 Å². The van der Waals surface area contributed by atoms with E-state index in [0.29, 0.717) is 24.7 Å². The van der Waals surface area contributed by atoms with Gasteiger partial charge in [-0.1, -0.05) is 6.07 Å². The zero-order valence-corrected chi connectivity index (χ0v) is 13.7. The Morgan fingerprint density at radius 1 is 1.33 bits per heavy atom. The van der Waals surface area contributed by atoms with Gasteiger partial charge < -0.3 is 15.5 Å². The molecule has 0 radical (unpaired) electrons. The normalized spacial score (nSPS) is 12.1. The molecule has 2 N–H and O–H groups in total. The molecule has 0 bridgehead atoms. The number of benzene rings is 1. The predicted molar refractivity (Wildman–Crippen MR) is 86.9 cm³/mol. The first-order valence-corrected chi connectivity index (χ1v) is 7.39. The van der Waals surface area contributed by atoms with Gasteiger partial charge in [0.15, 0.2) is 5.96 Å². The van der Waals surface area contributed by atoms with Crippen molar-refractivity contribution in [2.24, 2.45) is 4.99 Å². The molecule has 0 fully saturated rings. The van der Waals surface area contributed by atoms with E-state index in [2.05, 4.69) is 29.5 Å². The Bertz CT molecular complexity index is 469. The summed E-state index contributed by atoms with van der Waals surface area (Å²) in [5.41, 5.74) is 1.71. The quantitative estimate of drug-likeness (QED) is 0.625. The summed E-state index contributed by atoms with van der Waals surface area (Å²) in [6.45, 7) is 8.11. The van der Waals surface area contributed by atoms with Gasteiger partial charge in [-0.3, -0.25) is 0 Å². The standard InChI is InChI=1S/C16H27FN4/c1-6-18-16(20-12(2)3)19-10-13-7-8-15(17)14(9-13)11-21(4)5/h7-9,12H,6,10-11H2,1-5H3,(H2,18,19,20). The monoisotopic (exact) mass is 294 g/mol. The molecule has 0 saturated carbocycles. The zero-order valence-electron chi connectivity index (χ0n) is 13.7. The number of aliphatic imine (C=N–C) groups is 1. The van der Waals surface area contributed by atoms with E-state index < -0.39 is 0 Å². The summed E-state index contributed by atoms with van der Waals surface area (Å²) in [7, 11) is 3.86. The number of guanidine groups is 1. The first-order valence-electron chi connectivity index (χ1n) is 7.39. The third-order valence-corrected chi connectivity index (χ3v) is 2.79. The molecule has 0 spiro atoms. The molecule has 0 unspecified atom stereocenters. The number of nitrogens with one attached hydrogen (secondary N) is 2. The fourth-order valence-corrected chi connectivity index (χ4v) is 1.95. The van der Waals surface area contributed by atoms with Crippen LogP contribution in [-0.4, -0.2) is 37.5 Å². The third-order valence-electron chi connectivity index (χ3n) is 2.79. The van der Waals surface area contributed by atoms with Crippen molar-refractivity contribution < 1.29 is 4.39 Å². The Morgan fingerprint density at radius 2 is 2.05 bits per heavy atom. The lowest BCUT2D eigenvalue weighted by atomic mass is 10.1. The zero-order chi connectivity index (χ0) is 15.8. The second kappa shape index (κ2) is 8.62. The van der Waals surface area contributed by atoms with Crippen LogP contribution in [0.25, 0.3) is 0 Å². The summed E-state index contributed by atoms with van der Waals surface area (Å²) in [6.07, 6.45) is 0.